The van der Waals surface area contributed by atoms with Gasteiger partial charge in [0.2, 0.25) is 0 Å². The van der Waals surface area contributed by atoms with Crippen LogP contribution in [-0.4, -0.2) is 19.1 Å². The molecule has 0 aliphatic rings. The second-order valence-corrected chi connectivity index (χ2v) is 5.35. The van der Waals surface area contributed by atoms with Gasteiger partial charge in [0.15, 0.2) is 0 Å². The van der Waals surface area contributed by atoms with Crippen molar-refractivity contribution in [3.05, 3.63) is 40.2 Å². The largest absolute Gasteiger partial charge is 0.461 e. The Kier molecular flexibility index (Phi) is 5.79. The second-order valence-electron chi connectivity index (χ2n) is 5.35. The first-order valence-corrected chi connectivity index (χ1v) is 8.06. The topological polar surface area (TPSA) is 59.8 Å². The number of ether oxygens (including phenoxy) is 1. The molecule has 0 aliphatic carbocycles. The zero-order chi connectivity index (χ0) is 16.8. The summed E-state index contributed by atoms with van der Waals surface area (Å²) in [6.45, 7) is 7.91. The van der Waals surface area contributed by atoms with Crippen molar-refractivity contribution >= 4 is 22.6 Å². The molecule has 1 heterocycles. The molecule has 5 heteroatoms. The zero-order valence-electron chi connectivity index (χ0n) is 13.9. The van der Waals surface area contributed by atoms with Crippen LogP contribution in [0.3, 0.4) is 0 Å². The number of esters is 1. The van der Waals surface area contributed by atoms with Gasteiger partial charge in [0.1, 0.15) is 12.2 Å². The molecule has 0 aliphatic heterocycles. The minimum atomic E-state index is -0.435. The van der Waals surface area contributed by atoms with Crippen LogP contribution in [0.2, 0.25) is 0 Å². The molecule has 1 aromatic heterocycles. The molecular weight excluding hydrogens is 294 g/mol. The molecule has 0 bridgehead atoms. The normalized spacial score (nSPS) is 10.7. The Hall–Kier alpha value is -2.30. The summed E-state index contributed by atoms with van der Waals surface area (Å²) in [5.41, 5.74) is 1.76. The van der Waals surface area contributed by atoms with E-state index in [0.717, 1.165) is 30.6 Å². The lowest BCUT2D eigenvalue weighted by Crippen LogP contribution is -2.21. The number of rotatable bonds is 7. The molecule has 0 saturated heterocycles. The fraction of sp³-hybridized carbons (Fsp3) is 0.444. The lowest BCUT2D eigenvalue weighted by molar-refractivity contribution is -0.144. The Morgan fingerprint density at radius 1 is 1.17 bits per heavy atom. The Balaban J connectivity index is 2.35. The lowest BCUT2D eigenvalue weighted by atomic mass is 10.1. The molecule has 0 unspecified atom stereocenters. The molecule has 124 valence electrons. The van der Waals surface area contributed by atoms with Crippen LogP contribution < -0.4 is 10.5 Å². The summed E-state index contributed by atoms with van der Waals surface area (Å²) in [5, 5.41) is 0.796. The fourth-order valence-electron chi connectivity index (χ4n) is 2.56. The first kappa shape index (κ1) is 17.1. The van der Waals surface area contributed by atoms with E-state index < -0.39 is 5.63 Å². The van der Waals surface area contributed by atoms with Crippen molar-refractivity contribution in [1.82, 2.24) is 0 Å². The van der Waals surface area contributed by atoms with E-state index in [2.05, 4.69) is 18.7 Å². The van der Waals surface area contributed by atoms with Crippen molar-refractivity contribution in [2.75, 3.05) is 18.0 Å². The van der Waals surface area contributed by atoms with Gasteiger partial charge in [-0.25, -0.2) is 4.79 Å². The third kappa shape index (κ3) is 4.12. The number of carbonyl (C=O) groups is 1. The smallest absolute Gasteiger partial charge is 0.336 e. The Morgan fingerprint density at radius 3 is 2.57 bits per heavy atom. The monoisotopic (exact) mass is 317 g/mol. The van der Waals surface area contributed by atoms with Crippen LogP contribution in [0.4, 0.5) is 5.69 Å². The fourth-order valence-corrected chi connectivity index (χ4v) is 2.56. The summed E-state index contributed by atoms with van der Waals surface area (Å²) in [5.74, 6) is -0.256. The van der Waals surface area contributed by atoms with Crippen molar-refractivity contribution < 1.29 is 13.9 Å². The highest BCUT2D eigenvalue weighted by molar-refractivity contribution is 5.83. The average molecular weight is 317 g/mol. The average Bonchev–Trinajstić information content (AvgIpc) is 2.53. The molecule has 23 heavy (non-hydrogen) atoms. The van der Waals surface area contributed by atoms with E-state index in [1.165, 1.54) is 6.07 Å². The summed E-state index contributed by atoms with van der Waals surface area (Å²) in [4.78, 5) is 25.5. The highest BCUT2D eigenvalue weighted by Crippen LogP contribution is 2.24. The lowest BCUT2D eigenvalue weighted by Gasteiger charge is -2.21. The highest BCUT2D eigenvalue weighted by atomic mass is 16.5. The van der Waals surface area contributed by atoms with Gasteiger partial charge in [-0.1, -0.05) is 6.92 Å². The molecule has 0 fully saturated rings. The Labute approximate surface area is 135 Å². The minimum absolute atomic E-state index is 0.0888. The number of nitrogens with zero attached hydrogens (tertiary/aromatic N) is 1. The summed E-state index contributed by atoms with van der Waals surface area (Å²) in [7, 11) is 0. The van der Waals surface area contributed by atoms with Gasteiger partial charge in [0, 0.05) is 48.3 Å². The second kappa shape index (κ2) is 7.81. The van der Waals surface area contributed by atoms with Gasteiger partial charge >= 0.3 is 11.6 Å². The number of hydrogen-bond donors (Lipinski definition) is 0. The highest BCUT2D eigenvalue weighted by Gasteiger charge is 2.11. The van der Waals surface area contributed by atoms with Crippen molar-refractivity contribution in [2.24, 2.45) is 0 Å². The predicted octanol–water partition coefficient (Wildman–Crippen LogP) is 3.48. The first-order chi connectivity index (χ1) is 11.1. The molecule has 1 aromatic carbocycles. The van der Waals surface area contributed by atoms with Crippen LogP contribution in [0.1, 0.15) is 39.2 Å². The van der Waals surface area contributed by atoms with Crippen LogP contribution in [0.25, 0.3) is 11.0 Å². The van der Waals surface area contributed by atoms with Gasteiger partial charge in [0.05, 0.1) is 0 Å². The van der Waals surface area contributed by atoms with Crippen LogP contribution in [0, 0.1) is 0 Å². The third-order valence-electron chi connectivity index (χ3n) is 3.79. The standard InChI is InChI=1S/C18H23NO4/c1-4-7-17(20)22-12-13-10-18(21)23-16-11-14(8-9-15(13)16)19(5-2)6-3/h8-11H,4-7,12H2,1-3H3. The zero-order valence-corrected chi connectivity index (χ0v) is 13.9. The van der Waals surface area contributed by atoms with E-state index in [-0.39, 0.29) is 12.6 Å². The van der Waals surface area contributed by atoms with E-state index >= 15 is 0 Å². The van der Waals surface area contributed by atoms with E-state index in [4.69, 9.17) is 9.15 Å². The third-order valence-corrected chi connectivity index (χ3v) is 3.79. The molecule has 0 saturated carbocycles. The Bertz CT molecular complexity index is 731. The molecule has 0 amide bonds. The quantitative estimate of drug-likeness (QED) is 0.578. The van der Waals surface area contributed by atoms with Crippen molar-refractivity contribution in [2.45, 2.75) is 40.2 Å². The Morgan fingerprint density at radius 2 is 1.91 bits per heavy atom. The van der Waals surface area contributed by atoms with Gasteiger partial charge in [-0.15, -0.1) is 0 Å². The van der Waals surface area contributed by atoms with E-state index in [0.29, 0.717) is 17.6 Å². The summed E-state index contributed by atoms with van der Waals surface area (Å²) in [6.07, 6.45) is 1.12. The molecule has 2 aromatic rings. The van der Waals surface area contributed by atoms with E-state index in [1.807, 2.05) is 25.1 Å². The summed E-state index contributed by atoms with van der Waals surface area (Å²) < 4.78 is 10.5. The van der Waals surface area contributed by atoms with Gasteiger partial charge in [0.25, 0.3) is 0 Å². The molecule has 5 nitrogen and oxygen atoms in total. The maximum absolute atomic E-state index is 11.8. The first-order valence-electron chi connectivity index (χ1n) is 8.06. The van der Waals surface area contributed by atoms with Crippen molar-refractivity contribution in [3.8, 4) is 0 Å². The molecule has 2 rings (SSSR count). The summed E-state index contributed by atoms with van der Waals surface area (Å²) >= 11 is 0. The maximum atomic E-state index is 11.8. The number of hydrogen-bond acceptors (Lipinski definition) is 5. The van der Waals surface area contributed by atoms with Crippen molar-refractivity contribution in [1.29, 1.82) is 0 Å². The number of anilines is 1. The van der Waals surface area contributed by atoms with Crippen LogP contribution >= 0.6 is 0 Å². The number of fused-ring (bicyclic) bond motifs is 1. The maximum Gasteiger partial charge on any atom is 0.336 e. The van der Waals surface area contributed by atoms with Gasteiger partial charge in [-0.3, -0.25) is 4.79 Å². The molecule has 0 N–H and O–H groups in total. The van der Waals surface area contributed by atoms with E-state index in [9.17, 15) is 9.59 Å². The summed E-state index contributed by atoms with van der Waals surface area (Å²) in [6, 6.07) is 7.15. The minimum Gasteiger partial charge on any atom is -0.461 e. The van der Waals surface area contributed by atoms with Crippen LogP contribution in [0.5, 0.6) is 0 Å². The molecule has 0 radical (unpaired) electrons. The van der Waals surface area contributed by atoms with Crippen LogP contribution in [-0.2, 0) is 16.1 Å². The van der Waals surface area contributed by atoms with E-state index in [1.54, 1.807) is 0 Å². The number of carbonyl (C=O) groups excluding carboxylic acids is 1. The van der Waals surface area contributed by atoms with Crippen LogP contribution in [0.15, 0.2) is 33.5 Å². The predicted molar refractivity (Wildman–Crippen MR) is 90.7 cm³/mol. The molecule has 0 spiro atoms. The number of benzene rings is 1. The SMILES string of the molecule is CCCC(=O)OCc1cc(=O)oc2cc(N(CC)CC)ccc12. The molecular formula is C18H23NO4. The molecule has 0 atom stereocenters. The van der Waals surface area contributed by atoms with Gasteiger partial charge in [-0.05, 0) is 32.4 Å². The van der Waals surface area contributed by atoms with Gasteiger partial charge < -0.3 is 14.1 Å². The van der Waals surface area contributed by atoms with Crippen molar-refractivity contribution in [3.63, 3.8) is 0 Å². The van der Waals surface area contributed by atoms with Gasteiger partial charge in [-0.2, -0.15) is 0 Å².